The zero-order chi connectivity index (χ0) is 25.8. The molecule has 5 rings (SSSR count). The molecule has 0 bridgehead atoms. The highest BCUT2D eigenvalue weighted by Crippen LogP contribution is 2.27. The number of aromatic nitrogens is 1. The lowest BCUT2D eigenvalue weighted by Crippen LogP contribution is -2.46. The van der Waals surface area contributed by atoms with E-state index in [1.807, 2.05) is 24.3 Å². The van der Waals surface area contributed by atoms with Crippen LogP contribution in [0.3, 0.4) is 0 Å². The predicted molar refractivity (Wildman–Crippen MR) is 165 cm³/mol. The number of rotatable bonds is 7. The van der Waals surface area contributed by atoms with Gasteiger partial charge in [-0.3, -0.25) is 9.69 Å². The van der Waals surface area contributed by atoms with Crippen LogP contribution in [0, 0.1) is 0 Å². The number of piperazine rings is 1. The number of pyridine rings is 1. The van der Waals surface area contributed by atoms with E-state index in [4.69, 9.17) is 9.72 Å². The van der Waals surface area contributed by atoms with Crippen molar-refractivity contribution in [3.63, 3.8) is 0 Å². The number of amides is 1. The van der Waals surface area contributed by atoms with E-state index in [1.165, 1.54) is 0 Å². The van der Waals surface area contributed by atoms with Crippen molar-refractivity contribution in [2.24, 2.45) is 0 Å². The highest BCUT2D eigenvalue weighted by molar-refractivity contribution is 6.08. The van der Waals surface area contributed by atoms with Gasteiger partial charge in [0.05, 0.1) is 18.2 Å². The van der Waals surface area contributed by atoms with Gasteiger partial charge in [0.1, 0.15) is 11.6 Å². The number of methoxy groups -OCH3 is 1. The van der Waals surface area contributed by atoms with Gasteiger partial charge in [0.2, 0.25) is 0 Å². The summed E-state index contributed by atoms with van der Waals surface area (Å²) in [5, 5.41) is 13.3. The molecule has 0 radical (unpaired) electrons. The Labute approximate surface area is 251 Å². The van der Waals surface area contributed by atoms with E-state index in [0.29, 0.717) is 28.0 Å². The van der Waals surface area contributed by atoms with Crippen LogP contribution in [0.5, 0.6) is 5.75 Å². The molecule has 1 fully saturated rings. The maximum Gasteiger partial charge on any atom is 0.336 e. The second-order valence-electron chi connectivity index (χ2n) is 8.96. The number of carbonyl (C=O) groups excluding carboxylic acids is 1. The zero-order valence-corrected chi connectivity index (χ0v) is 24.2. The Kier molecular flexibility index (Phi) is 12.0. The van der Waals surface area contributed by atoms with E-state index in [1.54, 1.807) is 55.6 Å². The third kappa shape index (κ3) is 7.34. The minimum Gasteiger partial charge on any atom is -0.496 e. The van der Waals surface area contributed by atoms with Crippen LogP contribution in [0.15, 0.2) is 78.9 Å². The van der Waals surface area contributed by atoms with Crippen molar-refractivity contribution >= 4 is 71.5 Å². The molecule has 0 atom stereocenters. The molecule has 212 valence electrons. The Hall–Kier alpha value is -3.56. The standard InChI is InChI=1S/C29H28N4O4.3ClH/c1-37-26-10-6-5-9-21(26)19-32-13-15-33(16-14-32)27-18-24(29(35)36)23-17-22(11-12-25(23)31-27)30-28(34)20-7-3-2-4-8-20;;;/h2-12,17-18H,13-16,19H2,1H3,(H,30,34)(H,35,36);3*1H. The van der Waals surface area contributed by atoms with Gasteiger partial charge in [0.15, 0.2) is 0 Å². The molecule has 2 N–H and O–H groups in total. The monoisotopic (exact) mass is 604 g/mol. The minimum absolute atomic E-state index is 0. The lowest BCUT2D eigenvalue weighted by atomic mass is 10.1. The van der Waals surface area contributed by atoms with Crippen LogP contribution in [0.25, 0.3) is 10.9 Å². The molecule has 0 aliphatic carbocycles. The average Bonchev–Trinajstić information content (AvgIpc) is 2.93. The van der Waals surface area contributed by atoms with Crippen molar-refractivity contribution in [3.8, 4) is 5.75 Å². The first kappa shape index (κ1) is 32.7. The highest BCUT2D eigenvalue weighted by Gasteiger charge is 2.22. The molecule has 1 aliphatic rings. The first-order valence-corrected chi connectivity index (χ1v) is 12.2. The largest absolute Gasteiger partial charge is 0.496 e. The minimum atomic E-state index is -1.03. The van der Waals surface area contributed by atoms with Crippen LogP contribution in [0.4, 0.5) is 11.5 Å². The molecule has 1 aromatic heterocycles. The third-order valence-corrected chi connectivity index (χ3v) is 6.60. The predicted octanol–water partition coefficient (Wildman–Crippen LogP) is 5.78. The number of hydrogen-bond donors (Lipinski definition) is 2. The summed E-state index contributed by atoms with van der Waals surface area (Å²) in [5.74, 6) is 0.233. The Morgan fingerprint density at radius 3 is 2.25 bits per heavy atom. The number of nitrogens with zero attached hydrogens (tertiary/aromatic N) is 3. The first-order chi connectivity index (χ1) is 18.0. The molecule has 40 heavy (non-hydrogen) atoms. The zero-order valence-electron chi connectivity index (χ0n) is 21.8. The molecule has 0 unspecified atom stereocenters. The maximum absolute atomic E-state index is 12.5. The number of fused-ring (bicyclic) bond motifs is 1. The smallest absolute Gasteiger partial charge is 0.336 e. The maximum atomic E-state index is 12.5. The molecule has 8 nitrogen and oxygen atoms in total. The number of ether oxygens (including phenoxy) is 1. The number of halogens is 3. The van der Waals surface area contributed by atoms with E-state index in [0.717, 1.165) is 44.0 Å². The number of carbonyl (C=O) groups is 2. The Bertz CT molecular complexity index is 1450. The van der Waals surface area contributed by atoms with E-state index in [9.17, 15) is 14.7 Å². The third-order valence-electron chi connectivity index (χ3n) is 6.60. The van der Waals surface area contributed by atoms with E-state index in [-0.39, 0.29) is 48.7 Å². The summed E-state index contributed by atoms with van der Waals surface area (Å²) in [5.41, 5.74) is 2.92. The summed E-state index contributed by atoms with van der Waals surface area (Å²) in [6.07, 6.45) is 0. The summed E-state index contributed by atoms with van der Waals surface area (Å²) in [6.45, 7) is 3.91. The van der Waals surface area contributed by atoms with Gasteiger partial charge in [0.25, 0.3) is 5.91 Å². The molecular formula is C29H31Cl3N4O4. The molecular weight excluding hydrogens is 575 g/mol. The average molecular weight is 606 g/mol. The fraction of sp³-hybridized carbons (Fsp3) is 0.207. The van der Waals surface area contributed by atoms with Gasteiger partial charge in [-0.05, 0) is 42.5 Å². The lowest BCUT2D eigenvalue weighted by molar-refractivity contribution is 0.0698. The fourth-order valence-electron chi connectivity index (χ4n) is 4.63. The molecule has 3 aromatic carbocycles. The Morgan fingerprint density at radius 1 is 0.900 bits per heavy atom. The van der Waals surface area contributed by atoms with Crippen molar-refractivity contribution < 1.29 is 19.4 Å². The van der Waals surface area contributed by atoms with Crippen LogP contribution >= 0.6 is 37.2 Å². The molecule has 0 spiro atoms. The van der Waals surface area contributed by atoms with E-state index < -0.39 is 5.97 Å². The summed E-state index contributed by atoms with van der Waals surface area (Å²) in [6, 6.07) is 23.7. The number of carboxylic acid groups (broad SMARTS) is 1. The van der Waals surface area contributed by atoms with Gasteiger partial charge in [0, 0.05) is 54.9 Å². The molecule has 1 saturated heterocycles. The van der Waals surface area contributed by atoms with Gasteiger partial charge >= 0.3 is 5.97 Å². The normalized spacial score (nSPS) is 12.9. The van der Waals surface area contributed by atoms with Crippen molar-refractivity contribution in [3.05, 3.63) is 95.6 Å². The molecule has 1 aliphatic heterocycles. The Morgan fingerprint density at radius 2 is 1.57 bits per heavy atom. The number of hydrogen-bond acceptors (Lipinski definition) is 6. The van der Waals surface area contributed by atoms with Gasteiger partial charge in [-0.2, -0.15) is 0 Å². The number of para-hydroxylation sites is 1. The number of carboxylic acids is 1. The van der Waals surface area contributed by atoms with E-state index >= 15 is 0 Å². The van der Waals surface area contributed by atoms with Crippen LogP contribution in [-0.4, -0.2) is 60.2 Å². The first-order valence-electron chi connectivity index (χ1n) is 12.2. The number of anilines is 2. The summed E-state index contributed by atoms with van der Waals surface area (Å²) in [7, 11) is 1.68. The van der Waals surface area contributed by atoms with Gasteiger partial charge in [-0.25, -0.2) is 9.78 Å². The molecule has 11 heteroatoms. The van der Waals surface area contributed by atoms with Crippen molar-refractivity contribution in [2.75, 3.05) is 43.5 Å². The van der Waals surface area contributed by atoms with Crippen molar-refractivity contribution in [1.82, 2.24) is 9.88 Å². The van der Waals surface area contributed by atoms with Crippen LogP contribution < -0.4 is 15.0 Å². The topological polar surface area (TPSA) is 95.0 Å². The molecule has 0 saturated carbocycles. The van der Waals surface area contributed by atoms with Crippen LogP contribution in [0.2, 0.25) is 0 Å². The van der Waals surface area contributed by atoms with Gasteiger partial charge < -0.3 is 20.1 Å². The van der Waals surface area contributed by atoms with E-state index in [2.05, 4.69) is 21.2 Å². The highest BCUT2D eigenvalue weighted by atomic mass is 35.5. The van der Waals surface area contributed by atoms with Gasteiger partial charge in [-0.1, -0.05) is 36.4 Å². The van der Waals surface area contributed by atoms with Gasteiger partial charge in [-0.15, -0.1) is 37.2 Å². The summed E-state index contributed by atoms with van der Waals surface area (Å²) < 4.78 is 5.48. The lowest BCUT2D eigenvalue weighted by Gasteiger charge is -2.35. The molecule has 1 amide bonds. The Balaban J connectivity index is 0.00000187. The second kappa shape index (κ2) is 14.7. The van der Waals surface area contributed by atoms with Crippen molar-refractivity contribution in [1.29, 1.82) is 0 Å². The number of nitrogens with one attached hydrogen (secondary N) is 1. The van der Waals surface area contributed by atoms with Crippen LogP contribution in [0.1, 0.15) is 26.3 Å². The molecule has 4 aromatic rings. The number of aromatic carboxylic acids is 1. The quantitative estimate of drug-likeness (QED) is 0.276. The summed E-state index contributed by atoms with van der Waals surface area (Å²) in [4.78, 5) is 34.0. The van der Waals surface area contributed by atoms with Crippen molar-refractivity contribution in [2.45, 2.75) is 6.54 Å². The summed E-state index contributed by atoms with van der Waals surface area (Å²) >= 11 is 0. The SMILES string of the molecule is COc1ccccc1CN1CCN(c2cc(C(=O)O)c3cc(NC(=O)c4ccccc4)ccc3n2)CC1.Cl.Cl.Cl. The second-order valence-corrected chi connectivity index (χ2v) is 8.96. The van der Waals surface area contributed by atoms with Crippen LogP contribution in [-0.2, 0) is 6.54 Å². The number of benzene rings is 3. The fourth-order valence-corrected chi connectivity index (χ4v) is 4.63. The molecule has 2 heterocycles.